The summed E-state index contributed by atoms with van der Waals surface area (Å²) >= 11 is 0. The van der Waals surface area contributed by atoms with Crippen LogP contribution in [0, 0.1) is 30.6 Å². The molecule has 3 atom stereocenters. The Morgan fingerprint density at radius 3 is 2.44 bits per heavy atom. The minimum Gasteiger partial charge on any atom is -0.423 e. The summed E-state index contributed by atoms with van der Waals surface area (Å²) in [5, 5.41) is 0. The first-order valence-corrected chi connectivity index (χ1v) is 9.51. The Bertz CT molecular complexity index is 736. The zero-order chi connectivity index (χ0) is 18.3. The van der Waals surface area contributed by atoms with E-state index in [0.29, 0.717) is 23.7 Å². The summed E-state index contributed by atoms with van der Waals surface area (Å²) in [5.41, 5.74) is 4.38. The first-order valence-electron chi connectivity index (χ1n) is 9.51. The van der Waals surface area contributed by atoms with E-state index in [2.05, 4.69) is 52.8 Å². The van der Waals surface area contributed by atoms with Crippen molar-refractivity contribution in [3.05, 3.63) is 52.6 Å². The molecule has 2 nitrogen and oxygen atoms in total. The van der Waals surface area contributed by atoms with Crippen LogP contribution in [0.2, 0.25) is 0 Å². The first kappa shape index (κ1) is 18.0. The maximum absolute atomic E-state index is 13.0. The molecule has 0 spiro atoms. The SMILES string of the molecule is CC1=CC2C(C(=O)Oc3c(C)cccc3C(C)C)=C[C@@H]1CC2C(C)C. The third-order valence-corrected chi connectivity index (χ3v) is 5.91. The van der Waals surface area contributed by atoms with Crippen LogP contribution >= 0.6 is 0 Å². The predicted molar refractivity (Wildman–Crippen MR) is 103 cm³/mol. The van der Waals surface area contributed by atoms with Gasteiger partial charge in [-0.05, 0) is 55.1 Å². The number of benzene rings is 1. The topological polar surface area (TPSA) is 26.3 Å². The molecule has 0 saturated carbocycles. The number of hydrogen-bond acceptors (Lipinski definition) is 2. The standard InChI is InChI=1S/C23H30O2/c1-13(2)18-9-7-8-15(5)22(18)25-23(24)21-12-17-11-19(14(3)4)20(21)10-16(17)6/h7-10,12-14,17,19-20H,11H2,1-6H3/t17-,19?,20?/m0/s1. The summed E-state index contributed by atoms with van der Waals surface area (Å²) in [6.45, 7) is 13.0. The highest BCUT2D eigenvalue weighted by atomic mass is 16.5. The number of allylic oxidation sites excluding steroid dienone is 3. The molecule has 134 valence electrons. The van der Waals surface area contributed by atoms with Gasteiger partial charge in [0.05, 0.1) is 0 Å². The highest BCUT2D eigenvalue weighted by Crippen LogP contribution is 2.47. The van der Waals surface area contributed by atoms with Crippen LogP contribution in [0.3, 0.4) is 0 Å². The van der Waals surface area contributed by atoms with E-state index < -0.39 is 0 Å². The predicted octanol–water partition coefficient (Wildman–Crippen LogP) is 5.82. The second kappa shape index (κ2) is 6.82. The summed E-state index contributed by atoms with van der Waals surface area (Å²) in [4.78, 5) is 13.0. The summed E-state index contributed by atoms with van der Waals surface area (Å²) in [5.74, 6) is 2.59. The molecule has 2 unspecified atom stereocenters. The van der Waals surface area contributed by atoms with Crippen LogP contribution in [-0.2, 0) is 4.79 Å². The number of carbonyl (C=O) groups is 1. The van der Waals surface area contributed by atoms with Gasteiger partial charge in [0.1, 0.15) is 5.75 Å². The van der Waals surface area contributed by atoms with Crippen LogP contribution in [-0.4, -0.2) is 5.97 Å². The molecule has 4 rings (SSSR count). The number of para-hydroxylation sites is 1. The Balaban J connectivity index is 1.90. The van der Waals surface area contributed by atoms with Gasteiger partial charge < -0.3 is 4.74 Å². The third kappa shape index (κ3) is 3.31. The zero-order valence-electron chi connectivity index (χ0n) is 16.3. The molecule has 0 N–H and O–H groups in total. The van der Waals surface area contributed by atoms with E-state index in [9.17, 15) is 4.79 Å². The van der Waals surface area contributed by atoms with Crippen LogP contribution in [0.5, 0.6) is 5.75 Å². The molecule has 1 aromatic carbocycles. The van der Waals surface area contributed by atoms with Crippen molar-refractivity contribution < 1.29 is 9.53 Å². The van der Waals surface area contributed by atoms with E-state index in [1.807, 2.05) is 19.1 Å². The number of carbonyl (C=O) groups excluding carboxylic acids is 1. The van der Waals surface area contributed by atoms with Gasteiger partial charge in [-0.3, -0.25) is 0 Å². The molecule has 0 amide bonds. The normalized spacial score (nSPS) is 25.2. The van der Waals surface area contributed by atoms with Crippen LogP contribution in [0.25, 0.3) is 0 Å². The average Bonchev–Trinajstić information content (AvgIpc) is 2.56. The smallest absolute Gasteiger partial charge is 0.339 e. The molecular formula is C23H30O2. The molecule has 0 saturated heterocycles. The molecular weight excluding hydrogens is 308 g/mol. The van der Waals surface area contributed by atoms with Crippen molar-refractivity contribution in [2.75, 3.05) is 0 Å². The second-order valence-electron chi connectivity index (χ2n) is 8.35. The van der Waals surface area contributed by atoms with E-state index in [1.165, 1.54) is 5.57 Å². The number of aryl methyl sites for hydroxylation is 1. The molecule has 0 radical (unpaired) electrons. The van der Waals surface area contributed by atoms with Crippen molar-refractivity contribution in [2.24, 2.45) is 23.7 Å². The largest absolute Gasteiger partial charge is 0.423 e. The molecule has 2 bridgehead atoms. The van der Waals surface area contributed by atoms with Crippen LogP contribution in [0.4, 0.5) is 0 Å². The highest BCUT2D eigenvalue weighted by molar-refractivity contribution is 5.92. The van der Waals surface area contributed by atoms with Gasteiger partial charge in [-0.1, -0.05) is 63.6 Å². The van der Waals surface area contributed by atoms with Crippen molar-refractivity contribution >= 4 is 5.97 Å². The van der Waals surface area contributed by atoms with Gasteiger partial charge in [-0.2, -0.15) is 0 Å². The van der Waals surface area contributed by atoms with Crippen molar-refractivity contribution in [2.45, 2.75) is 53.9 Å². The minimum absolute atomic E-state index is 0.166. The molecule has 0 aromatic heterocycles. The molecule has 3 aliphatic carbocycles. The van der Waals surface area contributed by atoms with Crippen LogP contribution < -0.4 is 4.74 Å². The summed E-state index contributed by atoms with van der Waals surface area (Å²) in [6.07, 6.45) is 5.62. The number of fused-ring (bicyclic) bond motifs is 1. The fourth-order valence-corrected chi connectivity index (χ4v) is 4.32. The van der Waals surface area contributed by atoms with Gasteiger partial charge in [-0.15, -0.1) is 0 Å². The zero-order valence-corrected chi connectivity index (χ0v) is 16.3. The lowest BCUT2D eigenvalue weighted by molar-refractivity contribution is -0.131. The number of esters is 1. The van der Waals surface area contributed by atoms with E-state index in [0.717, 1.165) is 28.9 Å². The number of rotatable bonds is 4. The Morgan fingerprint density at radius 2 is 1.84 bits per heavy atom. The van der Waals surface area contributed by atoms with E-state index in [-0.39, 0.29) is 11.9 Å². The highest BCUT2D eigenvalue weighted by Gasteiger charge is 2.40. The van der Waals surface area contributed by atoms with Crippen LogP contribution in [0.15, 0.2) is 41.5 Å². The Morgan fingerprint density at radius 1 is 1.12 bits per heavy atom. The average molecular weight is 338 g/mol. The molecule has 25 heavy (non-hydrogen) atoms. The molecule has 0 aliphatic heterocycles. The number of ether oxygens (including phenoxy) is 1. The molecule has 0 fully saturated rings. The van der Waals surface area contributed by atoms with Gasteiger partial charge >= 0.3 is 5.97 Å². The fourth-order valence-electron chi connectivity index (χ4n) is 4.32. The quantitative estimate of drug-likeness (QED) is 0.393. The van der Waals surface area contributed by atoms with Gasteiger partial charge in [0.25, 0.3) is 0 Å². The van der Waals surface area contributed by atoms with Crippen LogP contribution in [0.1, 0.15) is 58.1 Å². The van der Waals surface area contributed by atoms with E-state index >= 15 is 0 Å². The van der Waals surface area contributed by atoms with Gasteiger partial charge in [0, 0.05) is 11.5 Å². The van der Waals surface area contributed by atoms with E-state index in [4.69, 9.17) is 4.74 Å². The lowest BCUT2D eigenvalue weighted by Crippen LogP contribution is -2.36. The Labute approximate surface area is 152 Å². The van der Waals surface area contributed by atoms with E-state index in [1.54, 1.807) is 0 Å². The minimum atomic E-state index is -0.166. The van der Waals surface area contributed by atoms with Gasteiger partial charge in [-0.25, -0.2) is 4.79 Å². The van der Waals surface area contributed by atoms with Crippen molar-refractivity contribution in [1.82, 2.24) is 0 Å². The summed E-state index contributed by atoms with van der Waals surface area (Å²) in [6, 6.07) is 6.10. The lowest BCUT2D eigenvalue weighted by Gasteiger charge is -2.41. The first-order chi connectivity index (χ1) is 11.8. The summed E-state index contributed by atoms with van der Waals surface area (Å²) < 4.78 is 5.96. The van der Waals surface area contributed by atoms with Crippen molar-refractivity contribution in [3.63, 3.8) is 0 Å². The second-order valence-corrected chi connectivity index (χ2v) is 8.35. The maximum atomic E-state index is 13.0. The maximum Gasteiger partial charge on any atom is 0.339 e. The molecule has 3 aliphatic rings. The van der Waals surface area contributed by atoms with Crippen molar-refractivity contribution in [3.8, 4) is 5.75 Å². The third-order valence-electron chi connectivity index (χ3n) is 5.91. The fraction of sp³-hybridized carbons (Fsp3) is 0.522. The Kier molecular flexibility index (Phi) is 4.90. The number of hydrogen-bond donors (Lipinski definition) is 0. The lowest BCUT2D eigenvalue weighted by atomic mass is 9.63. The van der Waals surface area contributed by atoms with Crippen molar-refractivity contribution in [1.29, 1.82) is 0 Å². The van der Waals surface area contributed by atoms with Gasteiger partial charge in [0.2, 0.25) is 0 Å². The molecule has 1 aromatic rings. The molecule has 0 heterocycles. The molecule has 2 heteroatoms. The monoisotopic (exact) mass is 338 g/mol. The Hall–Kier alpha value is -1.83. The summed E-state index contributed by atoms with van der Waals surface area (Å²) in [7, 11) is 0. The van der Waals surface area contributed by atoms with Gasteiger partial charge in [0.15, 0.2) is 0 Å².